The van der Waals surface area contributed by atoms with Crippen LogP contribution in [0.3, 0.4) is 0 Å². The molecule has 0 spiro atoms. The standard InChI is InChI=1S/C17H19ClN2O2S/c1-9-4-5-12(7-14(9)18)20-10(2)6-13(11(20)3)16-19-8-15(23-16)17(21)22/h4-7,15-16,19H,8H2,1-3H3,(H,21,22)/t15-,16+/m0/s1. The van der Waals surface area contributed by atoms with Crippen LogP contribution in [0.1, 0.15) is 27.9 Å². The van der Waals surface area contributed by atoms with Crippen LogP contribution in [0.5, 0.6) is 0 Å². The Labute approximate surface area is 144 Å². The quantitative estimate of drug-likeness (QED) is 0.883. The lowest BCUT2D eigenvalue weighted by molar-refractivity contribution is -0.136. The Morgan fingerprint density at radius 1 is 1.35 bits per heavy atom. The van der Waals surface area contributed by atoms with Crippen molar-refractivity contribution in [2.24, 2.45) is 0 Å². The first kappa shape index (κ1) is 16.4. The number of carboxylic acids is 1. The molecule has 3 rings (SSSR count). The van der Waals surface area contributed by atoms with Gasteiger partial charge in [-0.05, 0) is 44.5 Å². The molecule has 0 aliphatic carbocycles. The van der Waals surface area contributed by atoms with Crippen LogP contribution in [-0.4, -0.2) is 27.4 Å². The second-order valence-corrected chi connectivity index (χ2v) is 7.57. The second-order valence-electron chi connectivity index (χ2n) is 5.85. The normalized spacial score (nSPS) is 20.9. The molecule has 122 valence electrons. The maximum atomic E-state index is 11.1. The molecule has 1 aromatic carbocycles. The average molecular weight is 351 g/mol. The number of aliphatic carboxylic acids is 1. The summed E-state index contributed by atoms with van der Waals surface area (Å²) in [6.07, 6.45) is 0. The summed E-state index contributed by atoms with van der Waals surface area (Å²) in [6.45, 7) is 6.59. The number of nitrogens with one attached hydrogen (secondary N) is 1. The van der Waals surface area contributed by atoms with Gasteiger partial charge in [0.2, 0.25) is 0 Å². The van der Waals surface area contributed by atoms with Crippen molar-refractivity contribution in [3.8, 4) is 5.69 Å². The van der Waals surface area contributed by atoms with Gasteiger partial charge in [0.1, 0.15) is 5.25 Å². The fourth-order valence-electron chi connectivity index (χ4n) is 2.97. The Balaban J connectivity index is 1.97. The Hall–Kier alpha value is -1.43. The van der Waals surface area contributed by atoms with E-state index in [-0.39, 0.29) is 5.37 Å². The molecule has 0 radical (unpaired) electrons. The van der Waals surface area contributed by atoms with Crippen molar-refractivity contribution in [1.29, 1.82) is 0 Å². The maximum absolute atomic E-state index is 11.1. The van der Waals surface area contributed by atoms with Gasteiger partial charge < -0.3 is 9.67 Å². The molecule has 2 atom stereocenters. The molecular formula is C17H19ClN2O2S. The van der Waals surface area contributed by atoms with Gasteiger partial charge in [-0.1, -0.05) is 17.7 Å². The molecule has 1 saturated heterocycles. The van der Waals surface area contributed by atoms with Crippen LogP contribution in [0.25, 0.3) is 5.69 Å². The Morgan fingerprint density at radius 2 is 2.09 bits per heavy atom. The van der Waals surface area contributed by atoms with E-state index in [0.29, 0.717) is 6.54 Å². The van der Waals surface area contributed by atoms with Crippen LogP contribution >= 0.6 is 23.4 Å². The van der Waals surface area contributed by atoms with Gasteiger partial charge in [-0.25, -0.2) is 0 Å². The smallest absolute Gasteiger partial charge is 0.318 e. The summed E-state index contributed by atoms with van der Waals surface area (Å²) >= 11 is 7.72. The molecule has 4 nitrogen and oxygen atoms in total. The summed E-state index contributed by atoms with van der Waals surface area (Å²) in [4.78, 5) is 11.1. The molecule has 0 bridgehead atoms. The minimum Gasteiger partial charge on any atom is -0.480 e. The largest absolute Gasteiger partial charge is 0.480 e. The maximum Gasteiger partial charge on any atom is 0.318 e. The minimum absolute atomic E-state index is 0.0111. The summed E-state index contributed by atoms with van der Waals surface area (Å²) in [5.74, 6) is -0.760. The molecule has 0 unspecified atom stereocenters. The topological polar surface area (TPSA) is 54.3 Å². The van der Waals surface area contributed by atoms with Crippen LogP contribution < -0.4 is 5.32 Å². The van der Waals surface area contributed by atoms with Crippen LogP contribution in [-0.2, 0) is 4.79 Å². The number of thioether (sulfide) groups is 1. The van der Waals surface area contributed by atoms with E-state index in [1.807, 2.05) is 19.1 Å². The van der Waals surface area contributed by atoms with Crippen molar-refractivity contribution in [1.82, 2.24) is 9.88 Å². The van der Waals surface area contributed by atoms with Crippen molar-refractivity contribution >= 4 is 29.3 Å². The summed E-state index contributed by atoms with van der Waals surface area (Å²) < 4.78 is 2.16. The monoisotopic (exact) mass is 350 g/mol. The summed E-state index contributed by atoms with van der Waals surface area (Å²) in [5, 5.41) is 12.8. The van der Waals surface area contributed by atoms with Gasteiger partial charge in [0.05, 0.1) is 5.37 Å². The number of rotatable bonds is 3. The zero-order valence-corrected chi connectivity index (χ0v) is 14.8. The van der Waals surface area contributed by atoms with E-state index < -0.39 is 11.2 Å². The molecule has 2 N–H and O–H groups in total. The Bertz CT molecular complexity index is 772. The lowest BCUT2D eigenvalue weighted by Gasteiger charge is -2.13. The number of nitrogens with zero attached hydrogens (tertiary/aromatic N) is 1. The van der Waals surface area contributed by atoms with E-state index in [4.69, 9.17) is 16.7 Å². The number of halogens is 1. The number of hydrogen-bond donors (Lipinski definition) is 2. The fraction of sp³-hybridized carbons (Fsp3) is 0.353. The van der Waals surface area contributed by atoms with Gasteiger partial charge >= 0.3 is 5.97 Å². The predicted molar refractivity (Wildman–Crippen MR) is 94.7 cm³/mol. The number of aryl methyl sites for hydroxylation is 2. The second kappa shape index (κ2) is 6.23. The van der Waals surface area contributed by atoms with Crippen LogP contribution in [0.15, 0.2) is 24.3 Å². The SMILES string of the molecule is Cc1ccc(-n2c(C)cc([C@@H]3NC[C@@H](C(=O)O)S3)c2C)cc1Cl. The van der Waals surface area contributed by atoms with E-state index in [2.05, 4.69) is 35.9 Å². The highest BCUT2D eigenvalue weighted by Crippen LogP contribution is 2.38. The van der Waals surface area contributed by atoms with E-state index in [0.717, 1.165) is 33.2 Å². The minimum atomic E-state index is -0.760. The molecule has 23 heavy (non-hydrogen) atoms. The molecule has 2 heterocycles. The van der Waals surface area contributed by atoms with Gasteiger partial charge in [-0.3, -0.25) is 10.1 Å². The Morgan fingerprint density at radius 3 is 2.70 bits per heavy atom. The van der Waals surface area contributed by atoms with Crippen molar-refractivity contribution in [3.63, 3.8) is 0 Å². The molecule has 1 aromatic heterocycles. The molecule has 1 fully saturated rings. The van der Waals surface area contributed by atoms with Crippen LogP contribution in [0.4, 0.5) is 0 Å². The van der Waals surface area contributed by atoms with Crippen molar-refractivity contribution in [2.75, 3.05) is 6.54 Å². The molecule has 0 amide bonds. The number of hydrogen-bond acceptors (Lipinski definition) is 3. The third kappa shape index (κ3) is 3.01. The molecule has 1 aliphatic rings. The zero-order chi connectivity index (χ0) is 16.7. The van der Waals surface area contributed by atoms with E-state index in [1.54, 1.807) is 0 Å². The molecule has 6 heteroatoms. The lowest BCUT2D eigenvalue weighted by Crippen LogP contribution is -2.21. The summed E-state index contributed by atoms with van der Waals surface area (Å²) in [6, 6.07) is 8.16. The highest BCUT2D eigenvalue weighted by molar-refractivity contribution is 8.01. The molecular weight excluding hydrogens is 332 g/mol. The van der Waals surface area contributed by atoms with Crippen molar-refractivity contribution in [3.05, 3.63) is 51.8 Å². The number of carboxylic acid groups (broad SMARTS) is 1. The van der Waals surface area contributed by atoms with Gasteiger partial charge in [-0.15, -0.1) is 11.8 Å². The highest BCUT2D eigenvalue weighted by Gasteiger charge is 2.32. The average Bonchev–Trinajstić information content (AvgIpc) is 3.07. The summed E-state index contributed by atoms with van der Waals surface area (Å²) in [7, 11) is 0. The molecule has 2 aromatic rings. The first-order valence-corrected chi connectivity index (χ1v) is 8.77. The Kier molecular flexibility index (Phi) is 4.45. The van der Waals surface area contributed by atoms with Gasteiger partial charge in [0.15, 0.2) is 0 Å². The van der Waals surface area contributed by atoms with Crippen molar-refractivity contribution < 1.29 is 9.90 Å². The number of carbonyl (C=O) groups is 1. The lowest BCUT2D eigenvalue weighted by atomic mass is 10.2. The summed E-state index contributed by atoms with van der Waals surface area (Å²) in [5.41, 5.74) is 5.43. The van der Waals surface area contributed by atoms with Gasteiger partial charge in [-0.2, -0.15) is 0 Å². The number of benzene rings is 1. The fourth-order valence-corrected chi connectivity index (χ4v) is 4.36. The highest BCUT2D eigenvalue weighted by atomic mass is 35.5. The van der Waals surface area contributed by atoms with Crippen molar-refractivity contribution in [2.45, 2.75) is 31.4 Å². The molecule has 1 aliphatic heterocycles. The first-order valence-electron chi connectivity index (χ1n) is 7.45. The third-order valence-corrected chi connectivity index (χ3v) is 6.03. The van der Waals surface area contributed by atoms with E-state index in [1.165, 1.54) is 11.8 Å². The number of aromatic nitrogens is 1. The van der Waals surface area contributed by atoms with Crippen LogP contribution in [0.2, 0.25) is 5.02 Å². The third-order valence-electron chi connectivity index (χ3n) is 4.23. The van der Waals surface area contributed by atoms with Gasteiger partial charge in [0.25, 0.3) is 0 Å². The van der Waals surface area contributed by atoms with E-state index >= 15 is 0 Å². The van der Waals surface area contributed by atoms with Crippen LogP contribution in [0, 0.1) is 20.8 Å². The van der Waals surface area contributed by atoms with E-state index in [9.17, 15) is 4.79 Å². The predicted octanol–water partition coefficient (Wildman–Crippen LogP) is 3.84. The molecule has 0 saturated carbocycles. The first-order chi connectivity index (χ1) is 10.9. The van der Waals surface area contributed by atoms with Gasteiger partial charge in [0, 0.05) is 34.2 Å². The zero-order valence-electron chi connectivity index (χ0n) is 13.3.